The maximum Gasteiger partial charge on any atom is 0.407 e. The van der Waals surface area contributed by atoms with Gasteiger partial charge in [-0.25, -0.2) is 9.78 Å². The minimum Gasteiger partial charge on any atom is -0.444 e. The molecule has 6 heteroatoms. The molecular weight excluding hydrogens is 238 g/mol. The van der Waals surface area contributed by atoms with Crippen LogP contribution in [0.5, 0.6) is 0 Å². The summed E-state index contributed by atoms with van der Waals surface area (Å²) in [7, 11) is 0. The molecule has 1 atom stereocenters. The third-order valence-corrected chi connectivity index (χ3v) is 2.65. The number of carbonyl (C=O) groups excluding carboxylic acids is 1. The fraction of sp³-hybridized carbons (Fsp3) is 0.636. The number of alkyl carbamates (subject to hydrolysis) is 1. The average molecular weight is 257 g/mol. The molecule has 1 rings (SSSR count). The van der Waals surface area contributed by atoms with E-state index in [2.05, 4.69) is 10.3 Å². The van der Waals surface area contributed by atoms with Crippen LogP contribution in [0.2, 0.25) is 0 Å². The van der Waals surface area contributed by atoms with E-state index in [1.807, 2.05) is 26.2 Å². The van der Waals surface area contributed by atoms with Gasteiger partial charge in [-0.3, -0.25) is 0 Å². The number of nitrogens with zero attached hydrogens (tertiary/aromatic N) is 1. The van der Waals surface area contributed by atoms with Gasteiger partial charge in [0.2, 0.25) is 0 Å². The minimum absolute atomic E-state index is 0.0359. The first kappa shape index (κ1) is 13.9. The van der Waals surface area contributed by atoms with Crippen molar-refractivity contribution in [2.75, 3.05) is 13.1 Å². The van der Waals surface area contributed by atoms with Gasteiger partial charge in [0.15, 0.2) is 0 Å². The highest BCUT2D eigenvalue weighted by atomic mass is 32.1. The Morgan fingerprint density at radius 1 is 1.65 bits per heavy atom. The minimum atomic E-state index is -0.483. The molecule has 0 aliphatic rings. The predicted molar refractivity (Wildman–Crippen MR) is 68.1 cm³/mol. The topological polar surface area (TPSA) is 77.2 Å². The lowest BCUT2D eigenvalue weighted by atomic mass is 10.1. The van der Waals surface area contributed by atoms with Crippen molar-refractivity contribution < 1.29 is 9.53 Å². The lowest BCUT2D eigenvalue weighted by Crippen LogP contribution is -2.36. The molecule has 1 amide bonds. The van der Waals surface area contributed by atoms with Crippen LogP contribution in [0.4, 0.5) is 4.79 Å². The van der Waals surface area contributed by atoms with E-state index >= 15 is 0 Å². The zero-order valence-electron chi connectivity index (χ0n) is 10.4. The number of hydrogen-bond donors (Lipinski definition) is 2. The second-order valence-electron chi connectivity index (χ2n) is 4.73. The van der Waals surface area contributed by atoms with Gasteiger partial charge in [-0.1, -0.05) is 0 Å². The monoisotopic (exact) mass is 257 g/mol. The molecule has 0 spiro atoms. The molecular formula is C11H19N3O2S. The molecule has 0 saturated heterocycles. The summed E-state index contributed by atoms with van der Waals surface area (Å²) in [5.41, 5.74) is 7.83. The summed E-state index contributed by atoms with van der Waals surface area (Å²) in [6, 6.07) is 0. The lowest BCUT2D eigenvalue weighted by molar-refractivity contribution is 0.0524. The van der Waals surface area contributed by atoms with Crippen molar-refractivity contribution >= 4 is 17.4 Å². The zero-order valence-corrected chi connectivity index (χ0v) is 11.2. The number of hydrogen-bond acceptors (Lipinski definition) is 5. The molecule has 0 aliphatic heterocycles. The van der Waals surface area contributed by atoms with E-state index in [1.165, 1.54) is 11.3 Å². The molecule has 5 nitrogen and oxygen atoms in total. The molecule has 1 aromatic rings. The fourth-order valence-electron chi connectivity index (χ4n) is 1.25. The second kappa shape index (κ2) is 5.97. The summed E-state index contributed by atoms with van der Waals surface area (Å²) in [6.45, 7) is 6.36. The van der Waals surface area contributed by atoms with Gasteiger partial charge in [-0.2, -0.15) is 0 Å². The van der Waals surface area contributed by atoms with Crippen LogP contribution in [-0.2, 0) is 4.74 Å². The third-order valence-electron chi connectivity index (χ3n) is 2.05. The van der Waals surface area contributed by atoms with Gasteiger partial charge >= 0.3 is 6.09 Å². The molecule has 0 aromatic carbocycles. The number of aromatic nitrogens is 1. The molecule has 1 unspecified atom stereocenters. The number of rotatable bonds is 4. The Labute approximate surface area is 105 Å². The van der Waals surface area contributed by atoms with Crippen LogP contribution >= 0.6 is 11.3 Å². The predicted octanol–water partition coefficient (Wildman–Crippen LogP) is 1.71. The van der Waals surface area contributed by atoms with Crippen LogP contribution in [0.15, 0.2) is 10.9 Å². The highest BCUT2D eigenvalue weighted by Crippen LogP contribution is 2.13. The average Bonchev–Trinajstić information content (AvgIpc) is 2.69. The number of nitrogens with one attached hydrogen (secondary N) is 1. The SMILES string of the molecule is CC(C)(C)OC(=O)NCC(CN)c1cscn1. The smallest absolute Gasteiger partial charge is 0.407 e. The largest absolute Gasteiger partial charge is 0.444 e. The van der Waals surface area contributed by atoms with Gasteiger partial charge in [0, 0.05) is 24.4 Å². The molecule has 0 aliphatic carbocycles. The van der Waals surface area contributed by atoms with E-state index in [0.717, 1.165) is 5.69 Å². The van der Waals surface area contributed by atoms with Crippen LogP contribution < -0.4 is 11.1 Å². The number of thiazole rings is 1. The first-order valence-electron chi connectivity index (χ1n) is 5.47. The lowest BCUT2D eigenvalue weighted by Gasteiger charge is -2.21. The van der Waals surface area contributed by atoms with E-state index in [9.17, 15) is 4.79 Å². The van der Waals surface area contributed by atoms with Gasteiger partial charge in [-0.15, -0.1) is 11.3 Å². The molecule has 0 radical (unpaired) electrons. The summed E-state index contributed by atoms with van der Waals surface area (Å²) >= 11 is 1.52. The van der Waals surface area contributed by atoms with Crippen LogP contribution in [0.25, 0.3) is 0 Å². The Balaban J connectivity index is 2.41. The summed E-state index contributed by atoms with van der Waals surface area (Å²) in [4.78, 5) is 15.6. The van der Waals surface area contributed by atoms with Crippen molar-refractivity contribution in [1.82, 2.24) is 10.3 Å². The Morgan fingerprint density at radius 3 is 2.82 bits per heavy atom. The van der Waals surface area contributed by atoms with Gasteiger partial charge < -0.3 is 15.8 Å². The molecule has 0 saturated carbocycles. The van der Waals surface area contributed by atoms with Gasteiger partial charge in [0.05, 0.1) is 11.2 Å². The number of ether oxygens (including phenoxy) is 1. The highest BCUT2D eigenvalue weighted by molar-refractivity contribution is 7.07. The number of amides is 1. The molecule has 0 fully saturated rings. The van der Waals surface area contributed by atoms with Gasteiger partial charge in [-0.05, 0) is 20.8 Å². The van der Waals surface area contributed by atoms with Crippen molar-refractivity contribution in [2.45, 2.75) is 32.3 Å². The van der Waals surface area contributed by atoms with E-state index < -0.39 is 11.7 Å². The van der Waals surface area contributed by atoms with Crippen LogP contribution in [-0.4, -0.2) is 29.8 Å². The maximum absolute atomic E-state index is 11.5. The third kappa shape index (κ3) is 5.14. The quantitative estimate of drug-likeness (QED) is 0.861. The van der Waals surface area contributed by atoms with Crippen molar-refractivity contribution in [3.05, 3.63) is 16.6 Å². The molecule has 1 aromatic heterocycles. The van der Waals surface area contributed by atoms with Crippen molar-refractivity contribution in [3.63, 3.8) is 0 Å². The van der Waals surface area contributed by atoms with Crippen molar-refractivity contribution in [2.24, 2.45) is 5.73 Å². The molecule has 96 valence electrons. The summed E-state index contributed by atoms with van der Waals surface area (Å²) in [5.74, 6) is 0.0359. The molecule has 1 heterocycles. The zero-order chi connectivity index (χ0) is 12.9. The van der Waals surface area contributed by atoms with E-state index in [4.69, 9.17) is 10.5 Å². The molecule has 3 N–H and O–H groups in total. The van der Waals surface area contributed by atoms with E-state index in [0.29, 0.717) is 13.1 Å². The molecule has 17 heavy (non-hydrogen) atoms. The van der Waals surface area contributed by atoms with E-state index in [-0.39, 0.29) is 5.92 Å². The van der Waals surface area contributed by atoms with Gasteiger partial charge in [0.1, 0.15) is 5.60 Å². The Bertz CT molecular complexity index is 346. The first-order chi connectivity index (χ1) is 7.92. The summed E-state index contributed by atoms with van der Waals surface area (Å²) < 4.78 is 5.14. The Hall–Kier alpha value is -1.14. The highest BCUT2D eigenvalue weighted by Gasteiger charge is 2.18. The Kier molecular flexibility index (Phi) is 4.89. The standard InChI is InChI=1S/C11H19N3O2S/c1-11(2,3)16-10(15)13-5-8(4-12)9-6-17-7-14-9/h6-8H,4-5,12H2,1-3H3,(H,13,15). The van der Waals surface area contributed by atoms with Crippen LogP contribution in [0.1, 0.15) is 32.4 Å². The number of nitrogens with two attached hydrogens (primary N) is 1. The summed E-state index contributed by atoms with van der Waals surface area (Å²) in [5, 5.41) is 4.64. The maximum atomic E-state index is 11.5. The first-order valence-corrected chi connectivity index (χ1v) is 6.41. The molecule has 0 bridgehead atoms. The van der Waals surface area contributed by atoms with Gasteiger partial charge in [0.25, 0.3) is 0 Å². The van der Waals surface area contributed by atoms with Crippen molar-refractivity contribution in [3.8, 4) is 0 Å². The summed E-state index contributed by atoms with van der Waals surface area (Å²) in [6.07, 6.45) is -0.425. The number of carbonyl (C=O) groups is 1. The van der Waals surface area contributed by atoms with Crippen LogP contribution in [0, 0.1) is 0 Å². The second-order valence-corrected chi connectivity index (χ2v) is 5.45. The Morgan fingerprint density at radius 2 is 2.35 bits per heavy atom. The normalized spacial score (nSPS) is 13.2. The van der Waals surface area contributed by atoms with E-state index in [1.54, 1.807) is 5.51 Å². The van der Waals surface area contributed by atoms with Crippen LogP contribution in [0.3, 0.4) is 0 Å². The van der Waals surface area contributed by atoms with Crippen molar-refractivity contribution in [1.29, 1.82) is 0 Å². The fourth-order valence-corrected chi connectivity index (χ4v) is 1.89.